The lowest BCUT2D eigenvalue weighted by Crippen LogP contribution is -2.23. The number of carbonyl (C=O) groups excluding carboxylic acids is 1. The van der Waals surface area contributed by atoms with Crippen molar-refractivity contribution in [2.24, 2.45) is 0 Å². The smallest absolute Gasteiger partial charge is 0.341 e. The predicted molar refractivity (Wildman–Crippen MR) is 71.9 cm³/mol. The molecule has 0 bridgehead atoms. The van der Waals surface area contributed by atoms with Crippen molar-refractivity contribution in [1.82, 2.24) is 5.32 Å². The standard InChI is InChI=1S/C14H20FNO4/c1-3-20-14(19)10-8-9(4-5-11(10)15)13(18)12(17)6-7-16-2/h4-5,8,12-13,16-18H,3,6-7H2,1-2H3. The molecule has 0 aliphatic heterocycles. The molecule has 6 heteroatoms. The molecule has 2 atom stereocenters. The number of ether oxygens (including phenoxy) is 1. The van der Waals surface area contributed by atoms with Gasteiger partial charge in [0, 0.05) is 0 Å². The van der Waals surface area contributed by atoms with Crippen molar-refractivity contribution in [3.8, 4) is 0 Å². The Morgan fingerprint density at radius 3 is 2.75 bits per heavy atom. The summed E-state index contributed by atoms with van der Waals surface area (Å²) < 4.78 is 18.3. The van der Waals surface area contributed by atoms with Gasteiger partial charge in [0.05, 0.1) is 18.3 Å². The Kier molecular flexibility index (Phi) is 6.57. The van der Waals surface area contributed by atoms with Gasteiger partial charge in [-0.2, -0.15) is 0 Å². The van der Waals surface area contributed by atoms with Gasteiger partial charge in [0.1, 0.15) is 11.9 Å². The van der Waals surface area contributed by atoms with Crippen LogP contribution in [-0.2, 0) is 4.74 Å². The Balaban J connectivity index is 2.91. The lowest BCUT2D eigenvalue weighted by Gasteiger charge is -2.18. The molecular formula is C14H20FNO4. The lowest BCUT2D eigenvalue weighted by atomic mass is 10.00. The molecule has 20 heavy (non-hydrogen) atoms. The second-order valence-corrected chi connectivity index (χ2v) is 4.36. The predicted octanol–water partition coefficient (Wildman–Crippen LogP) is 1.01. The Morgan fingerprint density at radius 1 is 1.45 bits per heavy atom. The van der Waals surface area contributed by atoms with E-state index in [-0.39, 0.29) is 17.7 Å². The number of aliphatic hydroxyl groups excluding tert-OH is 2. The highest BCUT2D eigenvalue weighted by atomic mass is 19.1. The van der Waals surface area contributed by atoms with E-state index in [2.05, 4.69) is 5.32 Å². The number of aliphatic hydroxyl groups is 2. The molecule has 0 saturated heterocycles. The van der Waals surface area contributed by atoms with Gasteiger partial charge in [-0.25, -0.2) is 9.18 Å². The average molecular weight is 285 g/mol. The highest BCUT2D eigenvalue weighted by Crippen LogP contribution is 2.22. The highest BCUT2D eigenvalue weighted by Gasteiger charge is 2.21. The van der Waals surface area contributed by atoms with Crippen molar-refractivity contribution in [2.75, 3.05) is 20.2 Å². The molecular weight excluding hydrogens is 265 g/mol. The largest absolute Gasteiger partial charge is 0.462 e. The molecule has 0 aromatic heterocycles. The molecule has 0 radical (unpaired) electrons. The molecule has 0 aliphatic carbocycles. The first kappa shape index (κ1) is 16.6. The normalized spacial score (nSPS) is 13.8. The van der Waals surface area contributed by atoms with Crippen LogP contribution >= 0.6 is 0 Å². The third-order valence-corrected chi connectivity index (χ3v) is 2.88. The highest BCUT2D eigenvalue weighted by molar-refractivity contribution is 5.89. The van der Waals surface area contributed by atoms with Crippen LogP contribution in [0, 0.1) is 5.82 Å². The van der Waals surface area contributed by atoms with Gasteiger partial charge in [-0.1, -0.05) is 6.07 Å². The Bertz CT molecular complexity index is 453. The molecule has 0 heterocycles. The van der Waals surface area contributed by atoms with Crippen LogP contribution in [-0.4, -0.2) is 42.5 Å². The van der Waals surface area contributed by atoms with Crippen LogP contribution < -0.4 is 5.32 Å². The van der Waals surface area contributed by atoms with Crippen molar-refractivity contribution in [3.05, 3.63) is 35.1 Å². The maximum Gasteiger partial charge on any atom is 0.341 e. The number of hydrogen-bond donors (Lipinski definition) is 3. The molecule has 112 valence electrons. The zero-order chi connectivity index (χ0) is 15.1. The maximum absolute atomic E-state index is 13.6. The number of halogens is 1. The second kappa shape index (κ2) is 7.94. The molecule has 0 amide bonds. The molecule has 1 aromatic rings. The first-order valence-corrected chi connectivity index (χ1v) is 6.48. The van der Waals surface area contributed by atoms with E-state index in [1.807, 2.05) is 0 Å². The van der Waals surface area contributed by atoms with Gasteiger partial charge in [0.15, 0.2) is 0 Å². The summed E-state index contributed by atoms with van der Waals surface area (Å²) in [5.74, 6) is -1.51. The molecule has 0 fully saturated rings. The summed E-state index contributed by atoms with van der Waals surface area (Å²) in [7, 11) is 1.73. The summed E-state index contributed by atoms with van der Waals surface area (Å²) in [6.07, 6.45) is -1.84. The SMILES string of the molecule is CCOC(=O)c1cc(C(O)C(O)CCNC)ccc1F. The summed E-state index contributed by atoms with van der Waals surface area (Å²) >= 11 is 0. The van der Waals surface area contributed by atoms with Crippen LogP contribution in [0.2, 0.25) is 0 Å². The van der Waals surface area contributed by atoms with Crippen LogP contribution in [0.4, 0.5) is 4.39 Å². The van der Waals surface area contributed by atoms with Gasteiger partial charge in [-0.3, -0.25) is 0 Å². The summed E-state index contributed by atoms with van der Waals surface area (Å²) in [6, 6.07) is 3.63. The number of hydrogen-bond acceptors (Lipinski definition) is 5. The first-order chi connectivity index (χ1) is 9.51. The van der Waals surface area contributed by atoms with Crippen LogP contribution in [0.25, 0.3) is 0 Å². The van der Waals surface area contributed by atoms with Crippen LogP contribution in [0.3, 0.4) is 0 Å². The van der Waals surface area contributed by atoms with Crippen molar-refractivity contribution in [1.29, 1.82) is 0 Å². The van der Waals surface area contributed by atoms with E-state index < -0.39 is 24.0 Å². The van der Waals surface area contributed by atoms with Crippen LogP contribution in [0.1, 0.15) is 35.4 Å². The summed E-state index contributed by atoms with van der Waals surface area (Å²) in [5.41, 5.74) is 0.0299. The van der Waals surface area contributed by atoms with Crippen molar-refractivity contribution in [2.45, 2.75) is 25.6 Å². The Morgan fingerprint density at radius 2 is 2.15 bits per heavy atom. The lowest BCUT2D eigenvalue weighted by molar-refractivity contribution is 0.0138. The Hall–Kier alpha value is -1.50. The van der Waals surface area contributed by atoms with E-state index in [4.69, 9.17) is 4.74 Å². The quantitative estimate of drug-likeness (QED) is 0.652. The van der Waals surface area contributed by atoms with Crippen molar-refractivity contribution >= 4 is 5.97 Å². The molecule has 0 aliphatic rings. The second-order valence-electron chi connectivity index (χ2n) is 4.36. The van der Waals surface area contributed by atoms with Crippen molar-refractivity contribution < 1.29 is 24.1 Å². The van der Waals surface area contributed by atoms with E-state index in [0.717, 1.165) is 6.07 Å². The first-order valence-electron chi connectivity index (χ1n) is 6.48. The number of esters is 1. The number of nitrogens with one attached hydrogen (secondary N) is 1. The molecule has 0 saturated carbocycles. The fourth-order valence-corrected chi connectivity index (χ4v) is 1.76. The summed E-state index contributed by atoms with van der Waals surface area (Å²) in [4.78, 5) is 11.6. The monoisotopic (exact) mass is 285 g/mol. The van der Waals surface area contributed by atoms with Crippen molar-refractivity contribution in [3.63, 3.8) is 0 Å². The minimum atomic E-state index is -1.18. The minimum Gasteiger partial charge on any atom is -0.462 e. The van der Waals surface area contributed by atoms with Gasteiger partial charge < -0.3 is 20.3 Å². The summed E-state index contributed by atoms with van der Waals surface area (Å²) in [6.45, 7) is 2.29. The minimum absolute atomic E-state index is 0.135. The van der Waals surface area contributed by atoms with Crippen LogP contribution in [0.5, 0.6) is 0 Å². The third-order valence-electron chi connectivity index (χ3n) is 2.88. The van der Waals surface area contributed by atoms with Crippen LogP contribution in [0.15, 0.2) is 18.2 Å². The van der Waals surface area contributed by atoms with Gasteiger partial charge in [0.25, 0.3) is 0 Å². The van der Waals surface area contributed by atoms with E-state index in [0.29, 0.717) is 13.0 Å². The fraction of sp³-hybridized carbons (Fsp3) is 0.500. The molecule has 5 nitrogen and oxygen atoms in total. The zero-order valence-electron chi connectivity index (χ0n) is 11.6. The van der Waals surface area contributed by atoms with E-state index in [9.17, 15) is 19.4 Å². The Labute approximate surface area is 117 Å². The number of carbonyl (C=O) groups is 1. The fourth-order valence-electron chi connectivity index (χ4n) is 1.76. The molecule has 0 spiro atoms. The number of rotatable bonds is 7. The van der Waals surface area contributed by atoms with E-state index >= 15 is 0 Å². The van der Waals surface area contributed by atoms with Gasteiger partial charge in [0.2, 0.25) is 0 Å². The average Bonchev–Trinajstić information content (AvgIpc) is 2.44. The van der Waals surface area contributed by atoms with Gasteiger partial charge >= 0.3 is 5.97 Å². The molecule has 1 aromatic carbocycles. The van der Waals surface area contributed by atoms with Gasteiger partial charge in [-0.15, -0.1) is 0 Å². The van der Waals surface area contributed by atoms with E-state index in [1.165, 1.54) is 12.1 Å². The zero-order valence-corrected chi connectivity index (χ0v) is 11.6. The maximum atomic E-state index is 13.6. The molecule has 2 unspecified atom stereocenters. The number of benzene rings is 1. The summed E-state index contributed by atoms with van der Waals surface area (Å²) in [5, 5.41) is 22.6. The molecule has 1 rings (SSSR count). The third kappa shape index (κ3) is 4.26. The van der Waals surface area contributed by atoms with Gasteiger partial charge in [-0.05, 0) is 44.6 Å². The molecule has 3 N–H and O–H groups in total. The van der Waals surface area contributed by atoms with E-state index in [1.54, 1.807) is 14.0 Å². The topological polar surface area (TPSA) is 78.8 Å².